The van der Waals surface area contributed by atoms with E-state index in [9.17, 15) is 0 Å². The molecule has 3 nitrogen and oxygen atoms in total. The molecule has 1 aromatic heterocycles. The van der Waals surface area contributed by atoms with Crippen molar-refractivity contribution in [1.82, 2.24) is 9.55 Å². The van der Waals surface area contributed by atoms with Crippen LogP contribution in [-0.2, 0) is 6.54 Å². The summed E-state index contributed by atoms with van der Waals surface area (Å²) in [6.07, 6.45) is 1.84. The Morgan fingerprint density at radius 1 is 1.17 bits per heavy atom. The summed E-state index contributed by atoms with van der Waals surface area (Å²) in [6.45, 7) is 0.545. The van der Waals surface area contributed by atoms with Gasteiger partial charge < -0.3 is 5.73 Å². The van der Waals surface area contributed by atoms with E-state index in [2.05, 4.69) is 37.6 Å². The first kappa shape index (κ1) is 11.4. The molecule has 0 atom stereocenters. The van der Waals surface area contributed by atoms with Gasteiger partial charge in [-0.15, -0.1) is 0 Å². The predicted molar refractivity (Wildman–Crippen MR) is 76.7 cm³/mol. The zero-order valence-electron chi connectivity index (χ0n) is 9.68. The van der Waals surface area contributed by atoms with Gasteiger partial charge in [-0.1, -0.05) is 18.2 Å². The average molecular weight is 302 g/mol. The molecule has 0 spiro atoms. The Morgan fingerprint density at radius 2 is 2.00 bits per heavy atom. The average Bonchev–Trinajstić information content (AvgIpc) is 2.82. The van der Waals surface area contributed by atoms with Crippen molar-refractivity contribution in [2.75, 3.05) is 0 Å². The summed E-state index contributed by atoms with van der Waals surface area (Å²) in [6, 6.07) is 14.2. The molecule has 0 unspecified atom stereocenters. The third-order valence-corrected chi connectivity index (χ3v) is 3.60. The Hall–Kier alpha value is -1.65. The molecular formula is C14H12BrN3. The van der Waals surface area contributed by atoms with E-state index < -0.39 is 0 Å². The Morgan fingerprint density at radius 3 is 2.78 bits per heavy atom. The molecule has 0 aliphatic rings. The van der Waals surface area contributed by atoms with Crippen LogP contribution < -0.4 is 5.73 Å². The molecule has 0 fully saturated rings. The molecule has 3 aromatic rings. The topological polar surface area (TPSA) is 43.8 Å². The van der Waals surface area contributed by atoms with E-state index in [1.54, 1.807) is 0 Å². The van der Waals surface area contributed by atoms with E-state index in [4.69, 9.17) is 5.73 Å². The SMILES string of the molecule is NCc1ccc(-n2cnc3ccccc32)c(Br)c1. The Kier molecular flexibility index (Phi) is 2.89. The van der Waals surface area contributed by atoms with Crippen LogP contribution in [0.15, 0.2) is 53.3 Å². The molecule has 90 valence electrons. The zero-order valence-corrected chi connectivity index (χ0v) is 11.3. The van der Waals surface area contributed by atoms with Gasteiger partial charge in [0.25, 0.3) is 0 Å². The second-order valence-corrected chi connectivity index (χ2v) is 4.95. The molecule has 0 saturated heterocycles. The monoisotopic (exact) mass is 301 g/mol. The lowest BCUT2D eigenvalue weighted by atomic mass is 10.2. The van der Waals surface area contributed by atoms with Gasteiger partial charge in [0.1, 0.15) is 6.33 Å². The fraction of sp³-hybridized carbons (Fsp3) is 0.0714. The molecule has 0 saturated carbocycles. The van der Waals surface area contributed by atoms with Crippen molar-refractivity contribution >= 4 is 27.0 Å². The number of rotatable bonds is 2. The van der Waals surface area contributed by atoms with Crippen molar-refractivity contribution in [3.8, 4) is 5.69 Å². The highest BCUT2D eigenvalue weighted by atomic mass is 79.9. The van der Waals surface area contributed by atoms with Crippen LogP contribution in [-0.4, -0.2) is 9.55 Å². The standard InChI is InChI=1S/C14H12BrN3/c15-11-7-10(8-16)5-6-13(11)18-9-17-12-3-1-2-4-14(12)18/h1-7,9H,8,16H2. The van der Waals surface area contributed by atoms with E-state index >= 15 is 0 Å². The molecule has 18 heavy (non-hydrogen) atoms. The first-order valence-electron chi connectivity index (χ1n) is 5.70. The van der Waals surface area contributed by atoms with Crippen LogP contribution in [0, 0.1) is 0 Å². The predicted octanol–water partition coefficient (Wildman–Crippen LogP) is 3.25. The number of imidazole rings is 1. The maximum Gasteiger partial charge on any atom is 0.100 e. The van der Waals surface area contributed by atoms with E-state index in [0.29, 0.717) is 6.54 Å². The molecule has 2 N–H and O–H groups in total. The van der Waals surface area contributed by atoms with Crippen molar-refractivity contribution in [3.63, 3.8) is 0 Å². The summed E-state index contributed by atoms with van der Waals surface area (Å²) in [5.74, 6) is 0. The summed E-state index contributed by atoms with van der Waals surface area (Å²) in [5, 5.41) is 0. The quantitative estimate of drug-likeness (QED) is 0.789. The van der Waals surface area contributed by atoms with E-state index in [-0.39, 0.29) is 0 Å². The van der Waals surface area contributed by atoms with Gasteiger partial charge in [-0.2, -0.15) is 0 Å². The molecule has 0 aliphatic heterocycles. The summed E-state index contributed by atoms with van der Waals surface area (Å²) in [4.78, 5) is 4.40. The van der Waals surface area contributed by atoms with Crippen LogP contribution in [0.25, 0.3) is 16.7 Å². The number of benzene rings is 2. The van der Waals surface area contributed by atoms with Crippen molar-refractivity contribution < 1.29 is 0 Å². The highest BCUT2D eigenvalue weighted by Crippen LogP contribution is 2.25. The molecule has 0 radical (unpaired) electrons. The van der Waals surface area contributed by atoms with Gasteiger partial charge >= 0.3 is 0 Å². The van der Waals surface area contributed by atoms with Gasteiger partial charge in [-0.3, -0.25) is 4.57 Å². The molecule has 0 bridgehead atoms. The maximum absolute atomic E-state index is 5.64. The smallest absolute Gasteiger partial charge is 0.100 e. The van der Waals surface area contributed by atoms with Crippen LogP contribution in [0.3, 0.4) is 0 Å². The Bertz CT molecular complexity index is 703. The summed E-state index contributed by atoms with van der Waals surface area (Å²) >= 11 is 3.59. The molecule has 0 amide bonds. The second kappa shape index (κ2) is 4.55. The normalized spacial score (nSPS) is 11.0. The Labute approximate surface area is 113 Å². The fourth-order valence-electron chi connectivity index (χ4n) is 2.02. The minimum atomic E-state index is 0.545. The summed E-state index contributed by atoms with van der Waals surface area (Å²) in [7, 11) is 0. The molecular weight excluding hydrogens is 290 g/mol. The number of aromatic nitrogens is 2. The first-order chi connectivity index (χ1) is 8.79. The number of nitrogens with two attached hydrogens (primary N) is 1. The van der Waals surface area contributed by atoms with Gasteiger partial charge in [0.05, 0.1) is 16.7 Å². The van der Waals surface area contributed by atoms with E-state index in [1.807, 2.05) is 36.7 Å². The van der Waals surface area contributed by atoms with Gasteiger partial charge in [0.15, 0.2) is 0 Å². The highest BCUT2D eigenvalue weighted by molar-refractivity contribution is 9.10. The third-order valence-electron chi connectivity index (χ3n) is 2.96. The minimum Gasteiger partial charge on any atom is -0.326 e. The van der Waals surface area contributed by atoms with Gasteiger partial charge in [-0.25, -0.2) is 4.98 Å². The van der Waals surface area contributed by atoms with Crippen molar-refractivity contribution in [2.24, 2.45) is 5.73 Å². The zero-order chi connectivity index (χ0) is 12.5. The highest BCUT2D eigenvalue weighted by Gasteiger charge is 2.07. The van der Waals surface area contributed by atoms with Crippen LogP contribution in [0.2, 0.25) is 0 Å². The maximum atomic E-state index is 5.64. The number of para-hydroxylation sites is 2. The number of hydrogen-bond donors (Lipinski definition) is 1. The van der Waals surface area contributed by atoms with E-state index in [0.717, 1.165) is 26.8 Å². The lowest BCUT2D eigenvalue weighted by Crippen LogP contribution is -1.98. The number of fused-ring (bicyclic) bond motifs is 1. The number of nitrogens with zero attached hydrogens (tertiary/aromatic N) is 2. The van der Waals surface area contributed by atoms with Crippen molar-refractivity contribution in [1.29, 1.82) is 0 Å². The number of hydrogen-bond acceptors (Lipinski definition) is 2. The molecule has 1 heterocycles. The summed E-state index contributed by atoms with van der Waals surface area (Å²) in [5.41, 5.74) is 9.90. The molecule has 4 heteroatoms. The largest absolute Gasteiger partial charge is 0.326 e. The van der Waals surface area contributed by atoms with Crippen LogP contribution in [0.5, 0.6) is 0 Å². The van der Waals surface area contributed by atoms with E-state index in [1.165, 1.54) is 0 Å². The second-order valence-electron chi connectivity index (χ2n) is 4.09. The fourth-order valence-corrected chi connectivity index (χ4v) is 2.64. The van der Waals surface area contributed by atoms with Gasteiger partial charge in [0.2, 0.25) is 0 Å². The van der Waals surface area contributed by atoms with Crippen molar-refractivity contribution in [3.05, 3.63) is 58.8 Å². The lowest BCUT2D eigenvalue weighted by Gasteiger charge is -2.08. The lowest BCUT2D eigenvalue weighted by molar-refractivity contribution is 1.04. The molecule has 3 rings (SSSR count). The van der Waals surface area contributed by atoms with Gasteiger partial charge in [-0.05, 0) is 45.8 Å². The van der Waals surface area contributed by atoms with Gasteiger partial charge in [0, 0.05) is 11.0 Å². The number of halogens is 1. The first-order valence-corrected chi connectivity index (χ1v) is 6.50. The molecule has 2 aromatic carbocycles. The van der Waals surface area contributed by atoms with Crippen molar-refractivity contribution in [2.45, 2.75) is 6.54 Å². The molecule has 0 aliphatic carbocycles. The van der Waals surface area contributed by atoms with Crippen LogP contribution >= 0.6 is 15.9 Å². The van der Waals surface area contributed by atoms with Crippen LogP contribution in [0.1, 0.15) is 5.56 Å². The third kappa shape index (κ3) is 1.83. The Balaban J connectivity index is 2.20. The summed E-state index contributed by atoms with van der Waals surface area (Å²) < 4.78 is 3.09. The van der Waals surface area contributed by atoms with Crippen LogP contribution in [0.4, 0.5) is 0 Å². The minimum absolute atomic E-state index is 0.545.